The maximum absolute atomic E-state index is 11.7. The summed E-state index contributed by atoms with van der Waals surface area (Å²) in [6.45, 7) is 4.27. The number of hydrogen-bond acceptors (Lipinski definition) is 2. The summed E-state index contributed by atoms with van der Waals surface area (Å²) in [5, 5.41) is 0. The third kappa shape index (κ3) is 2.37. The molecule has 0 radical (unpaired) electrons. The predicted molar refractivity (Wildman–Crippen MR) is 67.7 cm³/mol. The topological polar surface area (TPSA) is 45.8 Å². The van der Waals surface area contributed by atoms with E-state index in [1.54, 1.807) is 0 Å². The largest absolute Gasteiger partial charge is 0.309 e. The first-order valence-corrected chi connectivity index (χ1v) is 6.65. The number of nitrogens with one attached hydrogen (secondary N) is 1. The molecule has 0 spiro atoms. The Balaban J connectivity index is 2.34. The van der Waals surface area contributed by atoms with Gasteiger partial charge in [0, 0.05) is 5.92 Å². The summed E-state index contributed by atoms with van der Waals surface area (Å²) in [6, 6.07) is 0. The molecule has 0 unspecified atom stereocenters. The Morgan fingerprint density at radius 3 is 2.69 bits per heavy atom. The predicted octanol–water partition coefficient (Wildman–Crippen LogP) is 3.00. The van der Waals surface area contributed by atoms with Crippen LogP contribution in [0.3, 0.4) is 0 Å². The monoisotopic (exact) mass is 284 g/mol. The second-order valence-corrected chi connectivity index (χ2v) is 5.73. The van der Waals surface area contributed by atoms with Gasteiger partial charge in [-0.1, -0.05) is 20.3 Å². The zero-order chi connectivity index (χ0) is 11.7. The highest BCUT2D eigenvalue weighted by Crippen LogP contribution is 2.34. The Hall–Kier alpha value is -0.640. The van der Waals surface area contributed by atoms with Gasteiger partial charge in [0.15, 0.2) is 0 Å². The highest BCUT2D eigenvalue weighted by Gasteiger charge is 2.23. The van der Waals surface area contributed by atoms with Crippen LogP contribution in [0.4, 0.5) is 0 Å². The van der Waals surface area contributed by atoms with Gasteiger partial charge in [-0.2, -0.15) is 0 Å². The van der Waals surface area contributed by atoms with Crippen molar-refractivity contribution in [3.8, 4) is 0 Å². The van der Waals surface area contributed by atoms with Gasteiger partial charge in [-0.3, -0.25) is 4.79 Å². The number of nitrogens with zero attached hydrogens (tertiary/aromatic N) is 1. The summed E-state index contributed by atoms with van der Waals surface area (Å²) in [5.41, 5.74) is 0.869. The molecule has 1 aliphatic carbocycles. The van der Waals surface area contributed by atoms with Crippen LogP contribution in [0.25, 0.3) is 0 Å². The summed E-state index contributed by atoms with van der Waals surface area (Å²) in [6.07, 6.45) is 4.42. The van der Waals surface area contributed by atoms with Crippen molar-refractivity contribution in [2.24, 2.45) is 5.92 Å². The summed E-state index contributed by atoms with van der Waals surface area (Å²) < 4.78 is 0.601. The van der Waals surface area contributed by atoms with Crippen molar-refractivity contribution in [1.82, 2.24) is 9.97 Å². The molecule has 0 aromatic carbocycles. The van der Waals surface area contributed by atoms with Crippen LogP contribution in [0.5, 0.6) is 0 Å². The van der Waals surface area contributed by atoms with E-state index < -0.39 is 0 Å². The Kier molecular flexibility index (Phi) is 3.47. The van der Waals surface area contributed by atoms with Crippen molar-refractivity contribution in [2.45, 2.75) is 45.4 Å². The minimum Gasteiger partial charge on any atom is -0.309 e. The van der Waals surface area contributed by atoms with Crippen LogP contribution in [-0.4, -0.2) is 9.97 Å². The van der Waals surface area contributed by atoms with Crippen molar-refractivity contribution in [1.29, 1.82) is 0 Å². The molecule has 1 aliphatic rings. The molecule has 1 saturated carbocycles. The zero-order valence-corrected chi connectivity index (χ0v) is 11.3. The first-order valence-electron chi connectivity index (χ1n) is 5.86. The lowest BCUT2D eigenvalue weighted by Crippen LogP contribution is -2.21. The first kappa shape index (κ1) is 11.8. The van der Waals surface area contributed by atoms with E-state index in [4.69, 9.17) is 0 Å². The fourth-order valence-electron chi connectivity index (χ4n) is 1.92. The molecular formula is C12H17BrN2O. The van der Waals surface area contributed by atoms with Crippen LogP contribution < -0.4 is 5.56 Å². The van der Waals surface area contributed by atoms with Crippen LogP contribution in [0.2, 0.25) is 0 Å². The third-order valence-electron chi connectivity index (χ3n) is 3.04. The van der Waals surface area contributed by atoms with Gasteiger partial charge < -0.3 is 4.98 Å². The van der Waals surface area contributed by atoms with Crippen molar-refractivity contribution < 1.29 is 0 Å². The second-order valence-electron chi connectivity index (χ2n) is 4.94. The van der Waals surface area contributed by atoms with E-state index in [2.05, 4.69) is 39.7 Å². The number of aromatic amines is 1. The molecule has 1 N–H and O–H groups in total. The molecular weight excluding hydrogens is 268 g/mol. The van der Waals surface area contributed by atoms with E-state index in [9.17, 15) is 4.79 Å². The molecule has 2 rings (SSSR count). The second kappa shape index (κ2) is 4.70. The molecule has 1 aromatic heterocycles. The maximum Gasteiger partial charge on any atom is 0.265 e. The van der Waals surface area contributed by atoms with E-state index in [0.717, 1.165) is 30.8 Å². The molecule has 0 saturated heterocycles. The quantitative estimate of drug-likeness (QED) is 0.928. The number of hydrogen-bond donors (Lipinski definition) is 1. The average molecular weight is 285 g/mol. The number of H-pyrrole nitrogens is 1. The minimum absolute atomic E-state index is 0.0347. The Morgan fingerprint density at radius 2 is 2.19 bits per heavy atom. The lowest BCUT2D eigenvalue weighted by Gasteiger charge is -2.24. The van der Waals surface area contributed by atoms with Gasteiger partial charge in [0.2, 0.25) is 0 Å². The van der Waals surface area contributed by atoms with E-state index in [0.29, 0.717) is 16.3 Å². The van der Waals surface area contributed by atoms with Crippen molar-refractivity contribution >= 4 is 15.9 Å². The molecule has 0 atom stereocenters. The number of aromatic nitrogens is 2. The molecule has 88 valence electrons. The molecule has 0 bridgehead atoms. The summed E-state index contributed by atoms with van der Waals surface area (Å²) >= 11 is 3.33. The van der Waals surface area contributed by atoms with Gasteiger partial charge in [0.1, 0.15) is 10.3 Å². The van der Waals surface area contributed by atoms with Gasteiger partial charge in [-0.25, -0.2) is 4.98 Å². The van der Waals surface area contributed by atoms with Crippen LogP contribution >= 0.6 is 15.9 Å². The van der Waals surface area contributed by atoms with Gasteiger partial charge in [-0.05, 0) is 41.1 Å². The Labute approximate surface area is 104 Å². The number of halogens is 1. The minimum atomic E-state index is -0.0347. The fraction of sp³-hybridized carbons (Fsp3) is 0.667. The molecule has 3 nitrogen and oxygen atoms in total. The van der Waals surface area contributed by atoms with E-state index in [-0.39, 0.29) is 5.56 Å². The smallest absolute Gasteiger partial charge is 0.265 e. The van der Waals surface area contributed by atoms with Crippen LogP contribution in [0, 0.1) is 5.92 Å². The molecule has 16 heavy (non-hydrogen) atoms. The van der Waals surface area contributed by atoms with Gasteiger partial charge in [0.05, 0.1) is 5.69 Å². The van der Waals surface area contributed by atoms with E-state index in [1.165, 1.54) is 6.42 Å². The normalized spacial score (nSPS) is 16.5. The van der Waals surface area contributed by atoms with Crippen LogP contribution in [0.1, 0.15) is 50.5 Å². The highest BCUT2D eigenvalue weighted by molar-refractivity contribution is 9.10. The average Bonchev–Trinajstić information content (AvgIpc) is 2.09. The first-order chi connectivity index (χ1) is 7.58. The molecule has 0 amide bonds. The molecule has 1 fully saturated rings. The fourth-order valence-corrected chi connectivity index (χ4v) is 2.27. The third-order valence-corrected chi connectivity index (χ3v) is 3.86. The molecule has 0 aliphatic heterocycles. The summed E-state index contributed by atoms with van der Waals surface area (Å²) in [4.78, 5) is 19.2. The zero-order valence-electron chi connectivity index (χ0n) is 9.72. The maximum atomic E-state index is 11.7. The van der Waals surface area contributed by atoms with Gasteiger partial charge >= 0.3 is 0 Å². The van der Waals surface area contributed by atoms with Gasteiger partial charge in [0.25, 0.3) is 5.56 Å². The molecule has 4 heteroatoms. The summed E-state index contributed by atoms with van der Waals surface area (Å²) in [5.74, 6) is 1.88. The van der Waals surface area contributed by atoms with Gasteiger partial charge in [-0.15, -0.1) is 0 Å². The standard InChI is InChI=1S/C12H17BrN2O/c1-7(2)6-9-10(13)12(16)15-11(14-9)8-4-3-5-8/h7-8H,3-6H2,1-2H3,(H,14,15,16). The van der Waals surface area contributed by atoms with Crippen molar-refractivity contribution in [3.05, 3.63) is 26.3 Å². The van der Waals surface area contributed by atoms with Crippen LogP contribution in [0.15, 0.2) is 9.27 Å². The van der Waals surface area contributed by atoms with Crippen molar-refractivity contribution in [3.63, 3.8) is 0 Å². The lowest BCUT2D eigenvalue weighted by molar-refractivity contribution is 0.398. The van der Waals surface area contributed by atoms with Crippen molar-refractivity contribution in [2.75, 3.05) is 0 Å². The summed E-state index contributed by atoms with van der Waals surface area (Å²) in [7, 11) is 0. The SMILES string of the molecule is CC(C)Cc1nc(C2CCC2)[nH]c(=O)c1Br. The molecule has 1 aromatic rings. The molecule has 1 heterocycles. The van der Waals surface area contributed by atoms with E-state index >= 15 is 0 Å². The Morgan fingerprint density at radius 1 is 1.50 bits per heavy atom. The Bertz CT molecular complexity index is 435. The lowest BCUT2D eigenvalue weighted by atomic mass is 9.85. The highest BCUT2D eigenvalue weighted by atomic mass is 79.9. The van der Waals surface area contributed by atoms with E-state index in [1.807, 2.05) is 0 Å². The van der Waals surface area contributed by atoms with Crippen LogP contribution in [-0.2, 0) is 6.42 Å². The number of rotatable bonds is 3.